The molecule has 1 N–H and O–H groups in total. The smallest absolute Gasteiger partial charge is 0.373 e. The first-order chi connectivity index (χ1) is 8.03. The summed E-state index contributed by atoms with van der Waals surface area (Å²) in [5.41, 5.74) is 0.493. The highest BCUT2D eigenvalue weighted by molar-refractivity contribution is 5.86. The van der Waals surface area contributed by atoms with Crippen molar-refractivity contribution in [2.45, 2.75) is 26.8 Å². The van der Waals surface area contributed by atoms with Crippen molar-refractivity contribution in [1.29, 1.82) is 0 Å². The summed E-state index contributed by atoms with van der Waals surface area (Å²) < 4.78 is 9.93. The van der Waals surface area contributed by atoms with E-state index < -0.39 is 5.97 Å². The van der Waals surface area contributed by atoms with Crippen molar-refractivity contribution in [2.75, 3.05) is 13.7 Å². The zero-order valence-electron chi connectivity index (χ0n) is 10.6. The number of hydrogen-bond donors (Lipinski definition) is 1. The third-order valence-corrected chi connectivity index (χ3v) is 3.46. The summed E-state index contributed by atoms with van der Waals surface area (Å²) in [7, 11) is 1.35. The van der Waals surface area contributed by atoms with Crippen LogP contribution in [0.5, 0.6) is 0 Å². The monoisotopic (exact) mass is 237 g/mol. The Morgan fingerprint density at radius 2 is 2.29 bits per heavy atom. The van der Waals surface area contributed by atoms with Gasteiger partial charge in [-0.05, 0) is 36.4 Å². The Labute approximate surface area is 101 Å². The fourth-order valence-electron chi connectivity index (χ4n) is 1.98. The number of hydrogen-bond acceptors (Lipinski definition) is 4. The molecule has 1 aromatic heterocycles. The normalized spacial score (nSPS) is 21.2. The van der Waals surface area contributed by atoms with E-state index in [2.05, 4.69) is 23.9 Å². The van der Waals surface area contributed by atoms with Gasteiger partial charge < -0.3 is 14.5 Å². The van der Waals surface area contributed by atoms with E-state index in [1.165, 1.54) is 13.5 Å². The van der Waals surface area contributed by atoms with Crippen molar-refractivity contribution in [1.82, 2.24) is 5.32 Å². The van der Waals surface area contributed by atoms with Crippen LogP contribution in [0.15, 0.2) is 16.5 Å². The minimum atomic E-state index is -0.431. The Bertz CT molecular complexity index is 409. The Morgan fingerprint density at radius 1 is 1.59 bits per heavy atom. The first kappa shape index (κ1) is 12.2. The standard InChI is InChI=1S/C13H19NO3/c1-13(2)6-9(13)7-14-8-10-4-5-11(17-10)12(15)16-3/h4-5,9,14H,6-8H2,1-3H3. The van der Waals surface area contributed by atoms with Crippen LogP contribution < -0.4 is 5.32 Å². The van der Waals surface area contributed by atoms with Gasteiger partial charge in [0.2, 0.25) is 5.76 Å². The number of esters is 1. The highest BCUT2D eigenvalue weighted by atomic mass is 16.5. The molecule has 1 saturated carbocycles. The molecule has 4 nitrogen and oxygen atoms in total. The van der Waals surface area contributed by atoms with E-state index in [0.29, 0.717) is 12.0 Å². The van der Waals surface area contributed by atoms with Crippen LogP contribution in [0.4, 0.5) is 0 Å². The molecule has 1 atom stereocenters. The Morgan fingerprint density at radius 3 is 2.88 bits per heavy atom. The van der Waals surface area contributed by atoms with Crippen LogP contribution in [0.1, 0.15) is 36.6 Å². The van der Waals surface area contributed by atoms with Crippen molar-refractivity contribution in [3.05, 3.63) is 23.7 Å². The lowest BCUT2D eigenvalue weighted by atomic mass is 10.1. The molecule has 1 heterocycles. The summed E-state index contributed by atoms with van der Waals surface area (Å²) >= 11 is 0. The first-order valence-corrected chi connectivity index (χ1v) is 5.90. The minimum Gasteiger partial charge on any atom is -0.463 e. The van der Waals surface area contributed by atoms with Crippen molar-refractivity contribution >= 4 is 5.97 Å². The van der Waals surface area contributed by atoms with Crippen molar-refractivity contribution in [2.24, 2.45) is 11.3 Å². The number of rotatable bonds is 5. The fraction of sp³-hybridized carbons (Fsp3) is 0.615. The lowest BCUT2D eigenvalue weighted by Crippen LogP contribution is -2.17. The highest BCUT2D eigenvalue weighted by Gasteiger charge is 2.44. The van der Waals surface area contributed by atoms with Gasteiger partial charge in [0.25, 0.3) is 0 Å². The van der Waals surface area contributed by atoms with E-state index >= 15 is 0 Å². The van der Waals surface area contributed by atoms with Crippen LogP contribution in [0.25, 0.3) is 0 Å². The van der Waals surface area contributed by atoms with E-state index in [4.69, 9.17) is 4.42 Å². The average molecular weight is 237 g/mol. The molecule has 1 unspecified atom stereocenters. The maximum absolute atomic E-state index is 11.2. The molecule has 0 aliphatic heterocycles. The minimum absolute atomic E-state index is 0.260. The number of carbonyl (C=O) groups excluding carboxylic acids is 1. The van der Waals surface area contributed by atoms with Crippen molar-refractivity contribution in [3.63, 3.8) is 0 Å². The Balaban J connectivity index is 1.76. The number of furan rings is 1. The first-order valence-electron chi connectivity index (χ1n) is 5.90. The molecule has 0 spiro atoms. The zero-order chi connectivity index (χ0) is 12.5. The molecular weight excluding hydrogens is 218 g/mol. The molecule has 0 bridgehead atoms. The van der Waals surface area contributed by atoms with E-state index in [9.17, 15) is 4.79 Å². The molecule has 94 valence electrons. The molecule has 0 amide bonds. The number of nitrogens with one attached hydrogen (secondary N) is 1. The quantitative estimate of drug-likeness (QED) is 0.798. The lowest BCUT2D eigenvalue weighted by Gasteiger charge is -2.04. The predicted molar refractivity (Wildman–Crippen MR) is 63.6 cm³/mol. The molecule has 4 heteroatoms. The molecular formula is C13H19NO3. The summed E-state index contributed by atoms with van der Waals surface area (Å²) in [5, 5.41) is 3.34. The zero-order valence-corrected chi connectivity index (χ0v) is 10.6. The summed E-state index contributed by atoms with van der Waals surface area (Å²) in [4.78, 5) is 11.2. The maximum atomic E-state index is 11.2. The van der Waals surface area contributed by atoms with Crippen LogP contribution in [-0.4, -0.2) is 19.6 Å². The van der Waals surface area contributed by atoms with Gasteiger partial charge in [-0.1, -0.05) is 13.8 Å². The topological polar surface area (TPSA) is 51.5 Å². The summed E-state index contributed by atoms with van der Waals surface area (Å²) in [6.45, 7) is 6.22. The van der Waals surface area contributed by atoms with E-state index in [0.717, 1.165) is 18.2 Å². The fourth-order valence-corrected chi connectivity index (χ4v) is 1.98. The summed E-state index contributed by atoms with van der Waals surface area (Å²) in [5.74, 6) is 1.36. The second kappa shape index (κ2) is 4.53. The molecule has 0 saturated heterocycles. The van der Waals surface area contributed by atoms with Crippen LogP contribution >= 0.6 is 0 Å². The summed E-state index contributed by atoms with van der Waals surface area (Å²) in [6, 6.07) is 3.45. The van der Waals surface area contributed by atoms with Gasteiger partial charge in [0, 0.05) is 0 Å². The van der Waals surface area contributed by atoms with Gasteiger partial charge in [0.05, 0.1) is 13.7 Å². The van der Waals surface area contributed by atoms with Gasteiger partial charge in [-0.15, -0.1) is 0 Å². The van der Waals surface area contributed by atoms with E-state index in [-0.39, 0.29) is 5.76 Å². The number of ether oxygens (including phenoxy) is 1. The number of methoxy groups -OCH3 is 1. The van der Waals surface area contributed by atoms with Crippen molar-refractivity contribution in [3.8, 4) is 0 Å². The van der Waals surface area contributed by atoms with Gasteiger partial charge in [0.1, 0.15) is 5.76 Å². The molecule has 1 aliphatic carbocycles. The summed E-state index contributed by atoms with van der Waals surface area (Å²) in [6.07, 6.45) is 1.28. The van der Waals surface area contributed by atoms with Crippen LogP contribution in [0, 0.1) is 11.3 Å². The molecule has 0 aromatic carbocycles. The number of carbonyl (C=O) groups is 1. The molecule has 1 aromatic rings. The Kier molecular flexibility index (Phi) is 3.24. The van der Waals surface area contributed by atoms with Crippen LogP contribution in [0.2, 0.25) is 0 Å². The highest BCUT2D eigenvalue weighted by Crippen LogP contribution is 2.50. The molecule has 0 radical (unpaired) electrons. The Hall–Kier alpha value is -1.29. The molecule has 17 heavy (non-hydrogen) atoms. The van der Waals surface area contributed by atoms with Crippen molar-refractivity contribution < 1.29 is 13.9 Å². The predicted octanol–water partition coefficient (Wildman–Crippen LogP) is 2.20. The molecule has 1 aliphatic rings. The molecule has 1 fully saturated rings. The van der Waals surface area contributed by atoms with E-state index in [1.807, 2.05) is 0 Å². The third-order valence-electron chi connectivity index (χ3n) is 3.46. The third kappa shape index (κ3) is 2.88. The second-order valence-electron chi connectivity index (χ2n) is 5.28. The van der Waals surface area contributed by atoms with Crippen LogP contribution in [-0.2, 0) is 11.3 Å². The van der Waals surface area contributed by atoms with Gasteiger partial charge in [-0.2, -0.15) is 0 Å². The van der Waals surface area contributed by atoms with Gasteiger partial charge in [-0.3, -0.25) is 0 Å². The molecule has 2 rings (SSSR count). The second-order valence-corrected chi connectivity index (χ2v) is 5.28. The van der Waals surface area contributed by atoms with Gasteiger partial charge in [-0.25, -0.2) is 4.79 Å². The van der Waals surface area contributed by atoms with E-state index in [1.54, 1.807) is 12.1 Å². The lowest BCUT2D eigenvalue weighted by molar-refractivity contribution is 0.0563. The largest absolute Gasteiger partial charge is 0.463 e. The average Bonchev–Trinajstić information content (AvgIpc) is 2.73. The van der Waals surface area contributed by atoms with Crippen LogP contribution in [0.3, 0.4) is 0 Å². The SMILES string of the molecule is COC(=O)c1ccc(CNCC2CC2(C)C)o1. The van der Waals surface area contributed by atoms with Gasteiger partial charge in [0.15, 0.2) is 0 Å². The maximum Gasteiger partial charge on any atom is 0.373 e. The van der Waals surface area contributed by atoms with Gasteiger partial charge >= 0.3 is 5.97 Å².